The quantitative estimate of drug-likeness (QED) is 0.219. The molecule has 1 aromatic heterocycles. The SMILES string of the molecule is CN1C(=N)CC[C@](C)(c2cc(-c3cccc(C#N)c3)cs2)[C@H](C(CC(=O)/C=C/c2ccccc2)c2ccccc2)C1=O. The number of thiophene rings is 1. The van der Waals surface area contributed by atoms with Gasteiger partial charge in [-0.05, 0) is 58.3 Å². The number of carbonyl (C=O) groups is 2. The van der Waals surface area contributed by atoms with Crippen LogP contribution in [0.5, 0.6) is 0 Å². The van der Waals surface area contributed by atoms with E-state index in [-0.39, 0.29) is 23.9 Å². The van der Waals surface area contributed by atoms with E-state index in [4.69, 9.17) is 5.41 Å². The van der Waals surface area contributed by atoms with Gasteiger partial charge in [-0.3, -0.25) is 15.0 Å². The molecule has 0 bridgehead atoms. The number of benzene rings is 3. The van der Waals surface area contributed by atoms with Crippen LogP contribution in [-0.2, 0) is 15.0 Å². The maximum Gasteiger partial charge on any atom is 0.232 e. The van der Waals surface area contributed by atoms with Crippen LogP contribution in [0.25, 0.3) is 17.2 Å². The van der Waals surface area contributed by atoms with Gasteiger partial charge in [-0.25, -0.2) is 0 Å². The molecule has 1 aliphatic rings. The molecular weight excluding hydrogens is 538 g/mol. The molecule has 4 aromatic rings. The van der Waals surface area contributed by atoms with Crippen LogP contribution in [0.3, 0.4) is 0 Å². The molecule has 1 amide bonds. The summed E-state index contributed by atoms with van der Waals surface area (Å²) in [4.78, 5) is 30.3. The highest BCUT2D eigenvalue weighted by Gasteiger charge is 2.49. The molecule has 0 saturated carbocycles. The van der Waals surface area contributed by atoms with Crippen molar-refractivity contribution in [2.75, 3.05) is 7.05 Å². The lowest BCUT2D eigenvalue weighted by Crippen LogP contribution is -2.45. The van der Waals surface area contributed by atoms with Crippen molar-refractivity contribution in [2.45, 2.75) is 37.5 Å². The van der Waals surface area contributed by atoms with Gasteiger partial charge in [-0.15, -0.1) is 11.3 Å². The summed E-state index contributed by atoms with van der Waals surface area (Å²) in [7, 11) is 1.68. The van der Waals surface area contributed by atoms with Crippen LogP contribution in [0.4, 0.5) is 0 Å². The van der Waals surface area contributed by atoms with E-state index in [1.807, 2.05) is 84.9 Å². The number of nitrogens with one attached hydrogen (secondary N) is 1. The minimum atomic E-state index is -0.631. The molecule has 5 nitrogen and oxygen atoms in total. The van der Waals surface area contributed by atoms with Gasteiger partial charge in [0.1, 0.15) is 5.84 Å². The largest absolute Gasteiger partial charge is 0.304 e. The van der Waals surface area contributed by atoms with Gasteiger partial charge < -0.3 is 4.90 Å². The van der Waals surface area contributed by atoms with E-state index in [1.54, 1.807) is 30.5 Å². The second-order valence-corrected chi connectivity index (χ2v) is 12.0. The van der Waals surface area contributed by atoms with E-state index in [9.17, 15) is 14.9 Å². The molecular formula is C36H33N3O2S. The molecule has 1 N–H and O–H groups in total. The Morgan fingerprint density at radius 3 is 2.50 bits per heavy atom. The first-order chi connectivity index (χ1) is 20.3. The minimum Gasteiger partial charge on any atom is -0.304 e. The number of hydrogen-bond acceptors (Lipinski definition) is 5. The van der Waals surface area contributed by atoms with Crippen molar-refractivity contribution in [3.05, 3.63) is 124 Å². The van der Waals surface area contributed by atoms with Gasteiger partial charge in [0, 0.05) is 36.1 Å². The Balaban J connectivity index is 1.58. The van der Waals surface area contributed by atoms with Gasteiger partial charge in [-0.1, -0.05) is 85.8 Å². The summed E-state index contributed by atoms with van der Waals surface area (Å²) in [5, 5.41) is 20.1. The van der Waals surface area contributed by atoms with Crippen LogP contribution in [-0.4, -0.2) is 29.5 Å². The lowest BCUT2D eigenvalue weighted by atomic mass is 9.64. The maximum absolute atomic E-state index is 14.3. The summed E-state index contributed by atoms with van der Waals surface area (Å²) in [6.07, 6.45) is 4.66. The number of allylic oxidation sites excluding steroid dienone is 1. The van der Waals surface area contributed by atoms with Crippen molar-refractivity contribution in [3.63, 3.8) is 0 Å². The van der Waals surface area contributed by atoms with Crippen molar-refractivity contribution in [1.82, 2.24) is 4.90 Å². The van der Waals surface area contributed by atoms with E-state index in [0.717, 1.165) is 27.1 Å². The van der Waals surface area contributed by atoms with Crippen molar-refractivity contribution in [2.24, 2.45) is 5.92 Å². The first-order valence-electron chi connectivity index (χ1n) is 14.1. The molecule has 3 atom stereocenters. The number of hydrogen-bond donors (Lipinski definition) is 1. The molecule has 0 spiro atoms. The summed E-state index contributed by atoms with van der Waals surface area (Å²) in [6, 6.07) is 31.4. The Bertz CT molecular complexity index is 1670. The highest BCUT2D eigenvalue weighted by atomic mass is 32.1. The van der Waals surface area contributed by atoms with Gasteiger partial charge in [-0.2, -0.15) is 5.26 Å². The normalized spacial score (nSPS) is 19.8. The lowest BCUT2D eigenvalue weighted by Gasteiger charge is -2.40. The number of amides is 1. The molecule has 1 aliphatic heterocycles. The third kappa shape index (κ3) is 6.02. The number of rotatable bonds is 8. The fourth-order valence-electron chi connectivity index (χ4n) is 5.93. The van der Waals surface area contributed by atoms with Crippen LogP contribution in [0.1, 0.15) is 53.7 Å². The zero-order valence-corrected chi connectivity index (χ0v) is 24.6. The second kappa shape index (κ2) is 12.5. The monoisotopic (exact) mass is 571 g/mol. The standard InChI is InChI=1S/C36H33N3O2S/c1-36(32-21-29(24-42-32)28-15-9-12-26(20-28)23-37)19-18-33(38)39(2)35(41)34(36)31(27-13-7-4-8-14-27)22-30(40)17-16-25-10-5-3-6-11-25/h3-17,20-21,24,31,34,38H,18-19,22H2,1-2H3/b17-16+,38-33?/t31?,34-,36-/m1/s1. The van der Waals surface area contributed by atoms with E-state index in [2.05, 4.69) is 24.4 Å². The molecule has 1 saturated heterocycles. The Kier molecular flexibility index (Phi) is 8.61. The van der Waals surface area contributed by atoms with Gasteiger partial charge in [0.15, 0.2) is 5.78 Å². The fourth-order valence-corrected chi connectivity index (χ4v) is 7.08. The van der Waals surface area contributed by atoms with Crippen LogP contribution in [0.15, 0.2) is 102 Å². The first kappa shape index (κ1) is 28.9. The first-order valence-corrected chi connectivity index (χ1v) is 14.9. The molecule has 5 rings (SSSR count). The summed E-state index contributed by atoms with van der Waals surface area (Å²) in [5.41, 5.74) is 3.78. The van der Waals surface area contributed by atoms with Crippen LogP contribution in [0, 0.1) is 22.7 Å². The predicted octanol–water partition coefficient (Wildman–Crippen LogP) is 7.85. The second-order valence-electron chi connectivity index (χ2n) is 11.1. The Morgan fingerprint density at radius 2 is 1.79 bits per heavy atom. The van der Waals surface area contributed by atoms with Crippen molar-refractivity contribution in [3.8, 4) is 17.2 Å². The Morgan fingerprint density at radius 1 is 1.07 bits per heavy atom. The van der Waals surface area contributed by atoms with Gasteiger partial charge >= 0.3 is 0 Å². The molecule has 1 unspecified atom stereocenters. The lowest BCUT2D eigenvalue weighted by molar-refractivity contribution is -0.133. The molecule has 0 radical (unpaired) electrons. The maximum atomic E-state index is 14.3. The van der Waals surface area contributed by atoms with Crippen LogP contribution < -0.4 is 0 Å². The molecule has 6 heteroatoms. The van der Waals surface area contributed by atoms with Crippen molar-refractivity contribution >= 4 is 34.9 Å². The summed E-state index contributed by atoms with van der Waals surface area (Å²) < 4.78 is 0. The Hall–Kier alpha value is -4.60. The van der Waals surface area contributed by atoms with Crippen molar-refractivity contribution in [1.29, 1.82) is 10.7 Å². The van der Waals surface area contributed by atoms with Gasteiger partial charge in [0.2, 0.25) is 5.91 Å². The molecule has 3 aromatic carbocycles. The van der Waals surface area contributed by atoms with Crippen molar-refractivity contribution < 1.29 is 9.59 Å². The minimum absolute atomic E-state index is 0.0509. The average molecular weight is 572 g/mol. The Labute approximate surface area is 251 Å². The average Bonchev–Trinajstić information content (AvgIpc) is 3.51. The predicted molar refractivity (Wildman–Crippen MR) is 169 cm³/mol. The fraction of sp³-hybridized carbons (Fsp3) is 0.222. The van der Waals surface area contributed by atoms with E-state index in [0.29, 0.717) is 18.4 Å². The molecule has 210 valence electrons. The van der Waals surface area contributed by atoms with E-state index < -0.39 is 17.3 Å². The number of ketones is 1. The van der Waals surface area contributed by atoms with E-state index in [1.165, 1.54) is 4.90 Å². The van der Waals surface area contributed by atoms with Gasteiger partial charge in [0.05, 0.1) is 17.6 Å². The zero-order valence-electron chi connectivity index (χ0n) is 23.8. The summed E-state index contributed by atoms with van der Waals surface area (Å²) >= 11 is 1.60. The van der Waals surface area contributed by atoms with E-state index >= 15 is 0 Å². The third-order valence-electron chi connectivity index (χ3n) is 8.37. The topological polar surface area (TPSA) is 85.0 Å². The third-order valence-corrected chi connectivity index (χ3v) is 9.58. The summed E-state index contributed by atoms with van der Waals surface area (Å²) in [6.45, 7) is 2.11. The molecule has 1 fully saturated rings. The molecule has 42 heavy (non-hydrogen) atoms. The van der Waals surface area contributed by atoms with Crippen LogP contribution in [0.2, 0.25) is 0 Å². The highest BCUT2D eigenvalue weighted by molar-refractivity contribution is 7.10. The zero-order chi connectivity index (χ0) is 29.7. The number of likely N-dealkylation sites (tertiary alicyclic amines) is 1. The highest BCUT2D eigenvalue weighted by Crippen LogP contribution is 2.50. The number of nitrogens with zero attached hydrogens (tertiary/aromatic N) is 2. The number of carbonyl (C=O) groups excluding carboxylic acids is 2. The number of nitriles is 1. The number of amidine groups is 1. The van der Waals surface area contributed by atoms with Crippen LogP contribution >= 0.6 is 11.3 Å². The molecule has 0 aliphatic carbocycles. The summed E-state index contributed by atoms with van der Waals surface area (Å²) in [5.74, 6) is -0.870. The smallest absolute Gasteiger partial charge is 0.232 e. The van der Waals surface area contributed by atoms with Gasteiger partial charge in [0.25, 0.3) is 0 Å². The molecule has 2 heterocycles.